The minimum Gasteiger partial charge on any atom is -0.388 e. The van der Waals surface area contributed by atoms with Crippen molar-refractivity contribution >= 4 is 34.9 Å². The van der Waals surface area contributed by atoms with Gasteiger partial charge >= 0.3 is 0 Å². The van der Waals surface area contributed by atoms with Gasteiger partial charge < -0.3 is 10.6 Å². The minimum atomic E-state index is 0.677. The smallest absolute Gasteiger partial charge is 0.215 e. The van der Waals surface area contributed by atoms with Gasteiger partial charge in [0.25, 0.3) is 0 Å². The van der Waals surface area contributed by atoms with Gasteiger partial charge in [-0.15, -0.1) is 0 Å². The zero-order valence-corrected chi connectivity index (χ0v) is 14.6. The molecule has 3 N–H and O–H groups in total. The van der Waals surface area contributed by atoms with Crippen molar-refractivity contribution < 1.29 is 0 Å². The number of nitrogens with one attached hydrogen (secondary N) is 3. The van der Waals surface area contributed by atoms with Gasteiger partial charge in [-0.3, -0.25) is 9.50 Å². The molecule has 1 aromatic carbocycles. The summed E-state index contributed by atoms with van der Waals surface area (Å²) < 4.78 is 1.90. The van der Waals surface area contributed by atoms with Crippen LogP contribution in [0, 0.1) is 6.92 Å². The molecule has 0 atom stereocenters. The van der Waals surface area contributed by atoms with Crippen molar-refractivity contribution in [2.75, 3.05) is 17.7 Å². The predicted octanol–water partition coefficient (Wildman–Crippen LogP) is 3.70. The van der Waals surface area contributed by atoms with Crippen molar-refractivity contribution in [3.05, 3.63) is 54.5 Å². The highest BCUT2D eigenvalue weighted by Crippen LogP contribution is 2.29. The van der Waals surface area contributed by atoms with Crippen molar-refractivity contribution in [3.8, 4) is 0 Å². The lowest BCUT2D eigenvalue weighted by atomic mass is 10.3. The molecule has 0 radical (unpaired) electrons. The van der Waals surface area contributed by atoms with Gasteiger partial charge in [0.1, 0.15) is 10.7 Å². The summed E-state index contributed by atoms with van der Waals surface area (Å²) in [5, 5.41) is 14.4. The molecule has 3 aromatic heterocycles. The second kappa shape index (κ2) is 6.48. The van der Waals surface area contributed by atoms with E-state index >= 15 is 0 Å². The Labute approximate surface area is 148 Å². The van der Waals surface area contributed by atoms with Crippen LogP contribution in [-0.2, 0) is 0 Å². The number of benzene rings is 1. The fourth-order valence-corrected chi connectivity index (χ4v) is 3.26. The number of H-pyrrole nitrogens is 1. The van der Waals surface area contributed by atoms with Gasteiger partial charge in [0, 0.05) is 47.9 Å². The van der Waals surface area contributed by atoms with Gasteiger partial charge in [-0.25, -0.2) is 9.97 Å². The van der Waals surface area contributed by atoms with Crippen molar-refractivity contribution in [3.63, 3.8) is 0 Å². The summed E-state index contributed by atoms with van der Waals surface area (Å²) in [5.41, 5.74) is 2.90. The summed E-state index contributed by atoms with van der Waals surface area (Å²) >= 11 is 1.59. The number of aromatic nitrogens is 5. The molecule has 0 spiro atoms. The maximum Gasteiger partial charge on any atom is 0.215 e. The van der Waals surface area contributed by atoms with E-state index in [0.29, 0.717) is 5.95 Å². The topological polar surface area (TPSA) is 82.9 Å². The number of hydrogen-bond donors (Lipinski definition) is 3. The summed E-state index contributed by atoms with van der Waals surface area (Å²) in [6.07, 6.45) is 3.63. The lowest BCUT2D eigenvalue weighted by Crippen LogP contribution is -2.02. The highest BCUT2D eigenvalue weighted by Gasteiger charge is 2.09. The summed E-state index contributed by atoms with van der Waals surface area (Å²) in [5.74, 6) is 1.40. The van der Waals surface area contributed by atoms with E-state index in [1.54, 1.807) is 18.0 Å². The third kappa shape index (κ3) is 3.29. The number of rotatable bonds is 5. The van der Waals surface area contributed by atoms with Crippen LogP contribution in [0.15, 0.2) is 58.7 Å². The lowest BCUT2D eigenvalue weighted by molar-refractivity contribution is 0.999. The second-order valence-corrected chi connectivity index (χ2v) is 6.60. The van der Waals surface area contributed by atoms with Crippen LogP contribution in [0.5, 0.6) is 0 Å². The van der Waals surface area contributed by atoms with E-state index in [1.165, 1.54) is 0 Å². The van der Waals surface area contributed by atoms with E-state index in [4.69, 9.17) is 4.98 Å². The molecule has 0 aliphatic rings. The highest BCUT2D eigenvalue weighted by molar-refractivity contribution is 7.99. The standard InChI is InChI=1S/C17H17N7S/c1-11-9-14(23-22-11)20-17-21-16(10-15-19-7-8-24(15)17)25-13-5-3-12(18-2)4-6-13/h3-10,18H,1-2H3,(H2,20,21,22,23). The lowest BCUT2D eigenvalue weighted by Gasteiger charge is -2.09. The molecule has 4 rings (SSSR count). The van der Waals surface area contributed by atoms with Crippen LogP contribution in [0.2, 0.25) is 0 Å². The molecule has 0 amide bonds. The van der Waals surface area contributed by atoms with Crippen LogP contribution < -0.4 is 10.6 Å². The fraction of sp³-hybridized carbons (Fsp3) is 0.118. The zero-order valence-electron chi connectivity index (χ0n) is 13.8. The molecule has 25 heavy (non-hydrogen) atoms. The minimum absolute atomic E-state index is 0.677. The summed E-state index contributed by atoms with van der Waals surface area (Å²) in [6, 6.07) is 12.1. The van der Waals surface area contributed by atoms with E-state index in [0.717, 1.165) is 32.8 Å². The van der Waals surface area contributed by atoms with Crippen LogP contribution in [0.1, 0.15) is 5.69 Å². The van der Waals surface area contributed by atoms with E-state index in [2.05, 4.69) is 37.9 Å². The molecule has 3 heterocycles. The molecule has 0 aliphatic heterocycles. The first-order valence-electron chi connectivity index (χ1n) is 7.80. The van der Waals surface area contributed by atoms with Crippen molar-refractivity contribution in [1.82, 2.24) is 24.6 Å². The number of aryl methyl sites for hydroxylation is 1. The molecule has 8 heteroatoms. The molecule has 0 unspecified atom stereocenters. The first-order chi connectivity index (χ1) is 12.2. The Morgan fingerprint density at radius 1 is 1.16 bits per heavy atom. The summed E-state index contributed by atoms with van der Waals surface area (Å²) in [7, 11) is 1.91. The van der Waals surface area contributed by atoms with Gasteiger partial charge in [-0.2, -0.15) is 5.10 Å². The first kappa shape index (κ1) is 15.5. The third-order valence-electron chi connectivity index (χ3n) is 3.68. The molecule has 0 bridgehead atoms. The molecular weight excluding hydrogens is 334 g/mol. The first-order valence-corrected chi connectivity index (χ1v) is 8.62. The number of aromatic amines is 1. The number of hydrogen-bond acceptors (Lipinski definition) is 6. The molecule has 0 saturated heterocycles. The Kier molecular flexibility index (Phi) is 4.02. The van der Waals surface area contributed by atoms with Gasteiger partial charge in [0.05, 0.1) is 0 Å². The molecule has 0 saturated carbocycles. The van der Waals surface area contributed by atoms with Crippen LogP contribution >= 0.6 is 11.8 Å². The number of anilines is 3. The van der Waals surface area contributed by atoms with Crippen LogP contribution in [0.4, 0.5) is 17.5 Å². The molecule has 0 fully saturated rings. The quantitative estimate of drug-likeness (QED) is 0.476. The van der Waals surface area contributed by atoms with Crippen molar-refractivity contribution in [1.29, 1.82) is 0 Å². The maximum atomic E-state index is 4.72. The van der Waals surface area contributed by atoms with Crippen LogP contribution in [0.25, 0.3) is 5.65 Å². The monoisotopic (exact) mass is 351 g/mol. The summed E-state index contributed by atoms with van der Waals surface area (Å²) in [6.45, 7) is 1.96. The van der Waals surface area contributed by atoms with Crippen LogP contribution in [-0.4, -0.2) is 31.6 Å². The van der Waals surface area contributed by atoms with Gasteiger partial charge in [-0.1, -0.05) is 11.8 Å². The number of imidazole rings is 1. The third-order valence-corrected chi connectivity index (χ3v) is 4.60. The Hall–Kier alpha value is -3.00. The summed E-state index contributed by atoms with van der Waals surface area (Å²) in [4.78, 5) is 10.2. The predicted molar refractivity (Wildman–Crippen MR) is 99.7 cm³/mol. The van der Waals surface area contributed by atoms with Gasteiger partial charge in [0.2, 0.25) is 5.95 Å². The number of nitrogens with zero attached hydrogens (tertiary/aromatic N) is 4. The Balaban J connectivity index is 1.66. The Morgan fingerprint density at radius 2 is 2.00 bits per heavy atom. The van der Waals surface area contributed by atoms with E-state index in [1.807, 2.05) is 48.8 Å². The van der Waals surface area contributed by atoms with Gasteiger partial charge in [-0.05, 0) is 31.2 Å². The van der Waals surface area contributed by atoms with Crippen LogP contribution in [0.3, 0.4) is 0 Å². The molecule has 0 aliphatic carbocycles. The van der Waals surface area contributed by atoms with Crippen molar-refractivity contribution in [2.24, 2.45) is 0 Å². The Morgan fingerprint density at radius 3 is 2.72 bits per heavy atom. The second-order valence-electron chi connectivity index (χ2n) is 5.51. The Bertz CT molecular complexity index is 1000. The largest absolute Gasteiger partial charge is 0.388 e. The molecule has 7 nitrogen and oxygen atoms in total. The maximum absolute atomic E-state index is 4.72. The number of fused-ring (bicyclic) bond motifs is 1. The van der Waals surface area contributed by atoms with Gasteiger partial charge in [0.15, 0.2) is 5.82 Å². The average Bonchev–Trinajstić information content (AvgIpc) is 3.24. The van der Waals surface area contributed by atoms with Crippen molar-refractivity contribution in [2.45, 2.75) is 16.8 Å². The average molecular weight is 351 g/mol. The molecular formula is C17H17N7S. The highest BCUT2D eigenvalue weighted by atomic mass is 32.2. The molecule has 126 valence electrons. The SMILES string of the molecule is CNc1ccc(Sc2cc3nccn3c(Nc3cc(C)[nH]n3)n2)cc1. The zero-order chi connectivity index (χ0) is 17.2. The van der Waals surface area contributed by atoms with E-state index in [-0.39, 0.29) is 0 Å². The van der Waals surface area contributed by atoms with E-state index in [9.17, 15) is 0 Å². The normalized spacial score (nSPS) is 11.0. The molecule has 4 aromatic rings. The van der Waals surface area contributed by atoms with E-state index < -0.39 is 0 Å². The fourth-order valence-electron chi connectivity index (χ4n) is 2.45.